The summed E-state index contributed by atoms with van der Waals surface area (Å²) in [5.74, 6) is 0. The van der Waals surface area contributed by atoms with Crippen molar-refractivity contribution in [3.05, 3.63) is 46.2 Å². The van der Waals surface area contributed by atoms with Crippen molar-refractivity contribution in [1.29, 1.82) is 0 Å². The van der Waals surface area contributed by atoms with E-state index in [-0.39, 0.29) is 0 Å². The Morgan fingerprint density at radius 1 is 1.30 bits per heavy atom. The summed E-state index contributed by atoms with van der Waals surface area (Å²) in [6, 6.07) is 6.92. The molecular formula is C21H29ClN4O. The Balaban J connectivity index is 1.56. The number of anilines is 1. The van der Waals surface area contributed by atoms with Gasteiger partial charge in [0.2, 0.25) is 0 Å². The highest BCUT2D eigenvalue weighted by Crippen LogP contribution is 2.33. The van der Waals surface area contributed by atoms with E-state index in [1.807, 2.05) is 12.1 Å². The van der Waals surface area contributed by atoms with Gasteiger partial charge in [0.15, 0.2) is 0 Å². The third-order valence-electron chi connectivity index (χ3n) is 5.64. The second kappa shape index (κ2) is 8.21. The van der Waals surface area contributed by atoms with Crippen molar-refractivity contribution in [2.45, 2.75) is 51.7 Å². The van der Waals surface area contributed by atoms with Crippen LogP contribution >= 0.6 is 11.6 Å². The van der Waals surface area contributed by atoms with Gasteiger partial charge in [-0.15, -0.1) is 0 Å². The summed E-state index contributed by atoms with van der Waals surface area (Å²) in [6.45, 7) is 8.55. The van der Waals surface area contributed by atoms with Crippen LogP contribution in [0, 0.1) is 0 Å². The molecule has 0 amide bonds. The molecular weight excluding hydrogens is 360 g/mol. The predicted octanol–water partition coefficient (Wildman–Crippen LogP) is 4.12. The number of nitrogens with one attached hydrogen (secondary N) is 1. The molecule has 146 valence electrons. The number of hydrogen-bond acceptors (Lipinski definition) is 4. The Morgan fingerprint density at radius 3 is 2.89 bits per heavy atom. The lowest BCUT2D eigenvalue weighted by molar-refractivity contribution is 0.122. The number of ether oxygens (including phenoxy) is 1. The van der Waals surface area contributed by atoms with E-state index in [1.165, 1.54) is 28.9 Å². The molecule has 5 nitrogen and oxygen atoms in total. The van der Waals surface area contributed by atoms with Crippen LogP contribution in [0.2, 0.25) is 5.02 Å². The number of rotatable bonds is 5. The van der Waals surface area contributed by atoms with E-state index in [9.17, 15) is 0 Å². The second-order valence-corrected chi connectivity index (χ2v) is 8.16. The Morgan fingerprint density at radius 2 is 2.11 bits per heavy atom. The van der Waals surface area contributed by atoms with Gasteiger partial charge >= 0.3 is 0 Å². The Kier molecular flexibility index (Phi) is 5.71. The smallest absolute Gasteiger partial charge is 0.0642 e. The van der Waals surface area contributed by atoms with Gasteiger partial charge in [-0.2, -0.15) is 5.10 Å². The van der Waals surface area contributed by atoms with Gasteiger partial charge in [0.05, 0.1) is 25.1 Å². The first kappa shape index (κ1) is 18.8. The lowest BCUT2D eigenvalue weighted by atomic mass is 9.93. The minimum atomic E-state index is 0.326. The quantitative estimate of drug-likeness (QED) is 0.836. The van der Waals surface area contributed by atoms with Crippen molar-refractivity contribution >= 4 is 17.3 Å². The molecule has 4 rings (SSSR count). The summed E-state index contributed by atoms with van der Waals surface area (Å²) in [6.07, 6.45) is 5.53. The van der Waals surface area contributed by atoms with Crippen molar-refractivity contribution in [3.63, 3.8) is 0 Å². The summed E-state index contributed by atoms with van der Waals surface area (Å²) in [5.41, 5.74) is 5.16. The van der Waals surface area contributed by atoms with Crippen molar-refractivity contribution in [2.75, 3.05) is 31.2 Å². The average molecular weight is 389 g/mol. The normalized spacial score (nSPS) is 20.1. The number of halogens is 1. The number of benzene rings is 1. The Labute approximate surface area is 166 Å². The van der Waals surface area contributed by atoms with Gasteiger partial charge in [0.25, 0.3) is 0 Å². The molecule has 1 aliphatic heterocycles. The molecule has 1 unspecified atom stereocenters. The zero-order valence-electron chi connectivity index (χ0n) is 16.2. The maximum Gasteiger partial charge on any atom is 0.0642 e. The van der Waals surface area contributed by atoms with E-state index in [4.69, 9.17) is 16.3 Å². The molecule has 1 saturated heterocycles. The number of aryl methyl sites for hydroxylation is 1. The van der Waals surface area contributed by atoms with Gasteiger partial charge < -0.3 is 15.0 Å². The third kappa shape index (κ3) is 3.86. The first-order chi connectivity index (χ1) is 13.1. The number of aromatic nitrogens is 2. The molecule has 0 spiro atoms. The molecule has 1 N–H and O–H groups in total. The molecule has 2 heterocycles. The first-order valence-electron chi connectivity index (χ1n) is 10.0. The van der Waals surface area contributed by atoms with E-state index in [1.54, 1.807) is 0 Å². The molecule has 27 heavy (non-hydrogen) atoms. The molecule has 1 aromatic heterocycles. The highest BCUT2D eigenvalue weighted by Gasteiger charge is 2.26. The second-order valence-electron chi connectivity index (χ2n) is 7.76. The van der Waals surface area contributed by atoms with Crippen LogP contribution in [-0.4, -0.2) is 36.1 Å². The molecule has 1 aliphatic carbocycles. The predicted molar refractivity (Wildman–Crippen MR) is 110 cm³/mol. The summed E-state index contributed by atoms with van der Waals surface area (Å²) < 4.78 is 7.69. The summed E-state index contributed by atoms with van der Waals surface area (Å²) in [5, 5.41) is 9.27. The van der Waals surface area contributed by atoms with Crippen LogP contribution in [0.3, 0.4) is 0 Å². The lowest BCUT2D eigenvalue weighted by Gasteiger charge is -2.32. The van der Waals surface area contributed by atoms with Crippen molar-refractivity contribution in [3.8, 4) is 0 Å². The fourth-order valence-corrected chi connectivity index (χ4v) is 4.51. The number of nitrogens with zero attached hydrogens (tertiary/aromatic N) is 3. The lowest BCUT2D eigenvalue weighted by Crippen LogP contribution is -2.37. The van der Waals surface area contributed by atoms with Crippen molar-refractivity contribution < 1.29 is 4.74 Å². The Bertz CT molecular complexity index is 782. The van der Waals surface area contributed by atoms with Crippen LogP contribution in [0.25, 0.3) is 0 Å². The highest BCUT2D eigenvalue weighted by atomic mass is 35.5. The van der Waals surface area contributed by atoms with Crippen LogP contribution in [0.15, 0.2) is 24.4 Å². The number of hydrogen-bond donors (Lipinski definition) is 1. The first-order valence-corrected chi connectivity index (χ1v) is 10.4. The van der Waals surface area contributed by atoms with Crippen LogP contribution in [0.1, 0.15) is 55.6 Å². The van der Waals surface area contributed by atoms with Gasteiger partial charge in [0.1, 0.15) is 0 Å². The number of fused-ring (bicyclic) bond motifs is 1. The standard InChI is InChI=1S/C21H29ClN4O/c1-15(2)26-21-16(13-24-26)5-3-7-19(21)23-14-17-18(22)6-4-8-20(17)25-9-11-27-12-10-25/h4,6,8,13,15,19,23H,3,5,7,9-12,14H2,1-2H3. The van der Waals surface area contributed by atoms with E-state index in [2.05, 4.69) is 46.1 Å². The molecule has 1 aromatic carbocycles. The van der Waals surface area contributed by atoms with Crippen LogP contribution in [0.5, 0.6) is 0 Å². The monoisotopic (exact) mass is 388 g/mol. The average Bonchev–Trinajstić information content (AvgIpc) is 3.13. The van der Waals surface area contributed by atoms with Gasteiger partial charge in [-0.05, 0) is 50.8 Å². The number of morpholine rings is 1. The zero-order valence-corrected chi connectivity index (χ0v) is 17.0. The van der Waals surface area contributed by atoms with E-state index < -0.39 is 0 Å². The Hall–Kier alpha value is -1.56. The third-order valence-corrected chi connectivity index (χ3v) is 6.00. The van der Waals surface area contributed by atoms with Crippen LogP contribution < -0.4 is 10.2 Å². The molecule has 1 fully saturated rings. The van der Waals surface area contributed by atoms with Crippen molar-refractivity contribution in [2.24, 2.45) is 0 Å². The zero-order chi connectivity index (χ0) is 18.8. The molecule has 0 saturated carbocycles. The summed E-state index contributed by atoms with van der Waals surface area (Å²) in [4.78, 5) is 2.39. The fourth-order valence-electron chi connectivity index (χ4n) is 4.28. The van der Waals surface area contributed by atoms with Gasteiger partial charge in [-0.3, -0.25) is 4.68 Å². The maximum atomic E-state index is 6.61. The van der Waals surface area contributed by atoms with Gasteiger partial charge in [-0.1, -0.05) is 17.7 Å². The van der Waals surface area contributed by atoms with Crippen LogP contribution in [0.4, 0.5) is 5.69 Å². The van der Waals surface area contributed by atoms with E-state index >= 15 is 0 Å². The minimum absolute atomic E-state index is 0.326. The van der Waals surface area contributed by atoms with Gasteiger partial charge in [0, 0.05) is 48.0 Å². The highest BCUT2D eigenvalue weighted by molar-refractivity contribution is 6.31. The molecule has 0 radical (unpaired) electrons. The summed E-state index contributed by atoms with van der Waals surface area (Å²) in [7, 11) is 0. The van der Waals surface area contributed by atoms with E-state index in [0.29, 0.717) is 12.1 Å². The molecule has 6 heteroatoms. The maximum absolute atomic E-state index is 6.61. The van der Waals surface area contributed by atoms with E-state index in [0.717, 1.165) is 50.7 Å². The molecule has 1 atom stereocenters. The molecule has 0 bridgehead atoms. The largest absolute Gasteiger partial charge is 0.378 e. The fraction of sp³-hybridized carbons (Fsp3) is 0.571. The van der Waals surface area contributed by atoms with Crippen LogP contribution in [-0.2, 0) is 17.7 Å². The van der Waals surface area contributed by atoms with Crippen molar-refractivity contribution in [1.82, 2.24) is 15.1 Å². The molecule has 2 aromatic rings. The van der Waals surface area contributed by atoms with Gasteiger partial charge in [-0.25, -0.2) is 0 Å². The SMILES string of the molecule is CC(C)n1ncc2c1C(NCc1c(Cl)cccc1N1CCOCC1)CCC2. The minimum Gasteiger partial charge on any atom is -0.378 e. The summed E-state index contributed by atoms with van der Waals surface area (Å²) >= 11 is 6.61. The molecule has 2 aliphatic rings. The topological polar surface area (TPSA) is 42.3 Å².